The third kappa shape index (κ3) is 4.64. The highest BCUT2D eigenvalue weighted by Crippen LogP contribution is 2.29. The third-order valence-electron chi connectivity index (χ3n) is 5.56. The molecule has 6 heteroatoms. The average molecular weight is 415 g/mol. The molecule has 1 aliphatic rings. The number of ether oxygens (including phenoxy) is 1. The number of esters is 1. The Hall–Kier alpha value is -3.51. The van der Waals surface area contributed by atoms with Gasteiger partial charge in [-0.25, -0.2) is 9.78 Å². The number of rotatable bonds is 5. The standard InChI is InChI=1S/C25H25N3O3/c1-31-25(30)22-14-8-13-21(26-22)24(29)28-17-15-27(16-18-28)23(19-9-4-2-5-10-19)20-11-6-3-7-12-20/h2-14,23H,15-18H2,1H3. The smallest absolute Gasteiger partial charge is 0.356 e. The fourth-order valence-electron chi connectivity index (χ4n) is 4.00. The summed E-state index contributed by atoms with van der Waals surface area (Å²) in [5.41, 5.74) is 2.88. The summed E-state index contributed by atoms with van der Waals surface area (Å²) < 4.78 is 4.71. The molecule has 158 valence electrons. The highest BCUT2D eigenvalue weighted by molar-refractivity contribution is 5.94. The van der Waals surface area contributed by atoms with Crippen LogP contribution in [0.3, 0.4) is 0 Å². The first-order valence-electron chi connectivity index (χ1n) is 10.4. The third-order valence-corrected chi connectivity index (χ3v) is 5.56. The molecule has 0 bridgehead atoms. The number of nitrogens with zero attached hydrogens (tertiary/aromatic N) is 3. The summed E-state index contributed by atoms with van der Waals surface area (Å²) in [5, 5.41) is 0. The van der Waals surface area contributed by atoms with E-state index in [1.807, 2.05) is 12.1 Å². The van der Waals surface area contributed by atoms with Crippen LogP contribution in [0.1, 0.15) is 38.1 Å². The quantitative estimate of drug-likeness (QED) is 0.598. The second kappa shape index (κ2) is 9.53. The Balaban J connectivity index is 1.49. The zero-order valence-corrected chi connectivity index (χ0v) is 17.5. The number of hydrogen-bond donors (Lipinski definition) is 0. The van der Waals surface area contributed by atoms with E-state index in [-0.39, 0.29) is 23.3 Å². The summed E-state index contributed by atoms with van der Waals surface area (Å²) in [6.45, 7) is 2.69. The molecule has 2 aromatic carbocycles. The van der Waals surface area contributed by atoms with Crippen LogP contribution in [0.2, 0.25) is 0 Å². The number of hydrogen-bond acceptors (Lipinski definition) is 5. The summed E-state index contributed by atoms with van der Waals surface area (Å²) in [5.74, 6) is -0.714. The number of carbonyl (C=O) groups excluding carboxylic acids is 2. The predicted octanol–water partition coefficient (Wildman–Crippen LogP) is 3.42. The Morgan fingerprint density at radius 3 is 1.87 bits per heavy atom. The highest BCUT2D eigenvalue weighted by atomic mass is 16.5. The molecular weight excluding hydrogens is 390 g/mol. The molecule has 0 unspecified atom stereocenters. The molecule has 1 fully saturated rings. The van der Waals surface area contributed by atoms with Gasteiger partial charge in [0.05, 0.1) is 13.2 Å². The monoisotopic (exact) mass is 415 g/mol. The lowest BCUT2D eigenvalue weighted by Gasteiger charge is -2.39. The SMILES string of the molecule is COC(=O)c1cccc(C(=O)N2CCN(C(c3ccccc3)c3ccccc3)CC2)n1. The van der Waals surface area contributed by atoms with E-state index in [9.17, 15) is 9.59 Å². The van der Waals surface area contributed by atoms with E-state index < -0.39 is 5.97 Å². The van der Waals surface area contributed by atoms with Crippen LogP contribution in [0.4, 0.5) is 0 Å². The van der Waals surface area contributed by atoms with Crippen LogP contribution in [-0.4, -0.2) is 59.9 Å². The zero-order chi connectivity index (χ0) is 21.6. The Bertz CT molecular complexity index is 993. The van der Waals surface area contributed by atoms with E-state index in [4.69, 9.17) is 4.74 Å². The lowest BCUT2D eigenvalue weighted by Crippen LogP contribution is -2.50. The van der Waals surface area contributed by atoms with E-state index in [2.05, 4.69) is 58.4 Å². The topological polar surface area (TPSA) is 62.7 Å². The summed E-state index contributed by atoms with van der Waals surface area (Å²) in [6, 6.07) is 25.9. The number of piperazine rings is 1. The molecule has 0 spiro atoms. The molecular formula is C25H25N3O3. The lowest BCUT2D eigenvalue weighted by molar-refractivity contribution is 0.0584. The molecule has 0 N–H and O–H groups in total. The van der Waals surface area contributed by atoms with Crippen molar-refractivity contribution in [1.29, 1.82) is 0 Å². The molecule has 0 saturated carbocycles. The van der Waals surface area contributed by atoms with Gasteiger partial charge in [0.15, 0.2) is 0 Å². The first kappa shape index (κ1) is 20.8. The molecule has 2 heterocycles. The maximum Gasteiger partial charge on any atom is 0.356 e. The molecule has 6 nitrogen and oxygen atoms in total. The fourth-order valence-corrected chi connectivity index (χ4v) is 4.00. The molecule has 4 rings (SSSR count). The van der Waals surface area contributed by atoms with Crippen molar-refractivity contribution >= 4 is 11.9 Å². The second-order valence-electron chi connectivity index (χ2n) is 7.45. The van der Waals surface area contributed by atoms with Crippen LogP contribution < -0.4 is 0 Å². The first-order valence-corrected chi connectivity index (χ1v) is 10.4. The molecule has 1 aromatic heterocycles. The van der Waals surface area contributed by atoms with Crippen LogP contribution >= 0.6 is 0 Å². The van der Waals surface area contributed by atoms with Crippen molar-refractivity contribution in [3.05, 3.63) is 101 Å². The molecule has 3 aromatic rings. The maximum atomic E-state index is 13.0. The van der Waals surface area contributed by atoms with Crippen molar-refractivity contribution in [2.45, 2.75) is 6.04 Å². The largest absolute Gasteiger partial charge is 0.464 e. The van der Waals surface area contributed by atoms with Gasteiger partial charge in [-0.3, -0.25) is 9.69 Å². The fraction of sp³-hybridized carbons (Fsp3) is 0.240. The number of pyridine rings is 1. The number of aromatic nitrogens is 1. The lowest BCUT2D eigenvalue weighted by atomic mass is 9.96. The van der Waals surface area contributed by atoms with Gasteiger partial charge in [0.2, 0.25) is 0 Å². The minimum atomic E-state index is -0.548. The molecule has 0 atom stereocenters. The maximum absolute atomic E-state index is 13.0. The Morgan fingerprint density at radius 1 is 0.774 bits per heavy atom. The minimum absolute atomic E-state index is 0.139. The van der Waals surface area contributed by atoms with E-state index in [0.717, 1.165) is 13.1 Å². The van der Waals surface area contributed by atoms with Gasteiger partial charge in [-0.15, -0.1) is 0 Å². The van der Waals surface area contributed by atoms with Gasteiger partial charge in [0.25, 0.3) is 5.91 Å². The van der Waals surface area contributed by atoms with Crippen molar-refractivity contribution in [2.75, 3.05) is 33.3 Å². The van der Waals surface area contributed by atoms with Crippen LogP contribution in [0, 0.1) is 0 Å². The first-order chi connectivity index (χ1) is 15.2. The molecule has 0 radical (unpaired) electrons. The molecule has 1 saturated heterocycles. The van der Waals surface area contributed by atoms with Gasteiger partial charge >= 0.3 is 5.97 Å². The number of methoxy groups -OCH3 is 1. The Morgan fingerprint density at radius 2 is 1.32 bits per heavy atom. The molecule has 0 aliphatic carbocycles. The van der Waals surface area contributed by atoms with Gasteiger partial charge in [-0.2, -0.15) is 0 Å². The highest BCUT2D eigenvalue weighted by Gasteiger charge is 2.29. The molecule has 31 heavy (non-hydrogen) atoms. The van der Waals surface area contributed by atoms with Crippen molar-refractivity contribution in [1.82, 2.24) is 14.8 Å². The normalized spacial score (nSPS) is 14.5. The van der Waals surface area contributed by atoms with Gasteiger partial charge in [0, 0.05) is 26.2 Å². The Kier molecular flexibility index (Phi) is 6.38. The van der Waals surface area contributed by atoms with Crippen molar-refractivity contribution < 1.29 is 14.3 Å². The number of carbonyl (C=O) groups is 2. The van der Waals surface area contributed by atoms with Gasteiger partial charge in [-0.1, -0.05) is 66.7 Å². The zero-order valence-electron chi connectivity index (χ0n) is 17.5. The van der Waals surface area contributed by atoms with E-state index in [1.54, 1.807) is 23.1 Å². The summed E-state index contributed by atoms with van der Waals surface area (Å²) >= 11 is 0. The van der Waals surface area contributed by atoms with E-state index >= 15 is 0 Å². The van der Waals surface area contributed by atoms with Crippen molar-refractivity contribution in [3.63, 3.8) is 0 Å². The second-order valence-corrected chi connectivity index (χ2v) is 7.45. The van der Waals surface area contributed by atoms with Gasteiger partial charge in [-0.05, 0) is 23.3 Å². The number of amides is 1. The van der Waals surface area contributed by atoms with Gasteiger partial charge < -0.3 is 9.64 Å². The van der Waals surface area contributed by atoms with Crippen LogP contribution in [0.15, 0.2) is 78.9 Å². The minimum Gasteiger partial charge on any atom is -0.464 e. The molecule has 1 aliphatic heterocycles. The van der Waals surface area contributed by atoms with Crippen LogP contribution in [-0.2, 0) is 4.74 Å². The summed E-state index contributed by atoms with van der Waals surface area (Å²) in [4.78, 5) is 33.1. The predicted molar refractivity (Wildman–Crippen MR) is 118 cm³/mol. The Labute approximate surface area is 182 Å². The summed E-state index contributed by atoms with van der Waals surface area (Å²) in [7, 11) is 1.30. The van der Waals surface area contributed by atoms with E-state index in [1.165, 1.54) is 18.2 Å². The molecule has 1 amide bonds. The van der Waals surface area contributed by atoms with Crippen LogP contribution in [0.25, 0.3) is 0 Å². The van der Waals surface area contributed by atoms with E-state index in [0.29, 0.717) is 13.1 Å². The summed E-state index contributed by atoms with van der Waals surface area (Å²) in [6.07, 6.45) is 0. The van der Waals surface area contributed by atoms with Gasteiger partial charge in [0.1, 0.15) is 11.4 Å². The van der Waals surface area contributed by atoms with Crippen molar-refractivity contribution in [3.8, 4) is 0 Å². The van der Waals surface area contributed by atoms with Crippen LogP contribution in [0.5, 0.6) is 0 Å². The van der Waals surface area contributed by atoms with Crippen molar-refractivity contribution in [2.24, 2.45) is 0 Å². The number of benzene rings is 2. The average Bonchev–Trinajstić information content (AvgIpc) is 2.85.